The van der Waals surface area contributed by atoms with Crippen molar-refractivity contribution in [1.82, 2.24) is 4.90 Å². The van der Waals surface area contributed by atoms with Crippen molar-refractivity contribution in [3.8, 4) is 17.2 Å². The minimum absolute atomic E-state index is 0.0596. The van der Waals surface area contributed by atoms with E-state index in [0.717, 1.165) is 18.4 Å². The van der Waals surface area contributed by atoms with Gasteiger partial charge >= 0.3 is 0 Å². The number of amides is 1. The second-order valence-corrected chi connectivity index (χ2v) is 7.14. The second-order valence-electron chi connectivity index (χ2n) is 6.22. The maximum absolute atomic E-state index is 13.9. The van der Waals surface area contributed by atoms with E-state index < -0.39 is 5.82 Å². The fourth-order valence-corrected chi connectivity index (χ4v) is 3.62. The molecular weight excluding hydrogens is 417 g/mol. The molecule has 0 bridgehead atoms. The van der Waals surface area contributed by atoms with Crippen LogP contribution in [0.15, 0.2) is 40.9 Å². The van der Waals surface area contributed by atoms with Gasteiger partial charge < -0.3 is 19.1 Å². The summed E-state index contributed by atoms with van der Waals surface area (Å²) >= 11 is 3.20. The minimum Gasteiger partial charge on any atom is -0.493 e. The molecule has 0 saturated carbocycles. The Kier molecular flexibility index (Phi) is 6.21. The Labute approximate surface area is 166 Å². The lowest BCUT2D eigenvalue weighted by Crippen LogP contribution is -2.34. The van der Waals surface area contributed by atoms with Crippen LogP contribution in [0.3, 0.4) is 0 Å². The van der Waals surface area contributed by atoms with Crippen molar-refractivity contribution in [1.29, 1.82) is 0 Å². The molecule has 144 valence electrons. The molecule has 5 nitrogen and oxygen atoms in total. The fraction of sp³-hybridized carbons (Fsp3) is 0.350. The molecular formula is C20H21BrFNO4. The summed E-state index contributed by atoms with van der Waals surface area (Å²) < 4.78 is 30.5. The van der Waals surface area contributed by atoms with Gasteiger partial charge in [0, 0.05) is 11.0 Å². The highest BCUT2D eigenvalue weighted by Gasteiger charge is 2.30. The van der Waals surface area contributed by atoms with Gasteiger partial charge in [0.2, 0.25) is 0 Å². The average molecular weight is 438 g/mol. The summed E-state index contributed by atoms with van der Waals surface area (Å²) in [5.74, 6) is 0.659. The van der Waals surface area contributed by atoms with Gasteiger partial charge in [-0.05, 0) is 48.7 Å². The fourth-order valence-electron chi connectivity index (χ4n) is 3.29. The number of rotatable bonds is 6. The van der Waals surface area contributed by atoms with Crippen molar-refractivity contribution in [3.05, 3.63) is 52.3 Å². The first-order valence-electron chi connectivity index (χ1n) is 8.62. The lowest BCUT2D eigenvalue weighted by atomic mass is 10.0. The summed E-state index contributed by atoms with van der Waals surface area (Å²) in [6, 6.07) is 10.1. The Balaban J connectivity index is 1.71. The van der Waals surface area contributed by atoms with Gasteiger partial charge in [0.25, 0.3) is 5.91 Å². The zero-order valence-corrected chi connectivity index (χ0v) is 16.8. The van der Waals surface area contributed by atoms with E-state index in [1.807, 2.05) is 18.2 Å². The molecule has 7 heteroatoms. The molecule has 27 heavy (non-hydrogen) atoms. The van der Waals surface area contributed by atoms with Gasteiger partial charge in [-0.2, -0.15) is 0 Å². The van der Waals surface area contributed by atoms with Gasteiger partial charge in [-0.1, -0.05) is 22.0 Å². The quantitative estimate of drug-likeness (QED) is 0.673. The zero-order valence-electron chi connectivity index (χ0n) is 15.2. The Morgan fingerprint density at radius 3 is 2.59 bits per heavy atom. The lowest BCUT2D eigenvalue weighted by molar-refractivity contribution is -0.134. The molecule has 1 fully saturated rings. The van der Waals surface area contributed by atoms with E-state index in [2.05, 4.69) is 15.9 Å². The van der Waals surface area contributed by atoms with E-state index in [1.54, 1.807) is 25.2 Å². The summed E-state index contributed by atoms with van der Waals surface area (Å²) in [5.41, 5.74) is 0.980. The maximum atomic E-state index is 13.9. The number of carbonyl (C=O) groups is 1. The van der Waals surface area contributed by atoms with Crippen LogP contribution >= 0.6 is 15.9 Å². The third-order valence-corrected chi connectivity index (χ3v) is 5.10. The number of hydrogen-bond donors (Lipinski definition) is 0. The number of carbonyl (C=O) groups excluding carboxylic acids is 1. The number of benzene rings is 2. The van der Waals surface area contributed by atoms with E-state index in [4.69, 9.17) is 14.2 Å². The Bertz CT molecular complexity index is 830. The molecule has 2 aromatic rings. The van der Waals surface area contributed by atoms with Crippen LogP contribution in [0.1, 0.15) is 24.4 Å². The number of methoxy groups -OCH3 is 2. The first kappa shape index (κ1) is 19.5. The normalized spacial score (nSPS) is 16.3. The molecule has 1 atom stereocenters. The first-order valence-corrected chi connectivity index (χ1v) is 9.42. The summed E-state index contributed by atoms with van der Waals surface area (Å²) in [5, 5.41) is 0. The van der Waals surface area contributed by atoms with Gasteiger partial charge in [0.05, 0.1) is 20.3 Å². The van der Waals surface area contributed by atoms with Crippen LogP contribution in [0.2, 0.25) is 0 Å². The Morgan fingerprint density at radius 1 is 1.15 bits per heavy atom. The monoisotopic (exact) mass is 437 g/mol. The third-order valence-electron chi connectivity index (χ3n) is 4.61. The third kappa shape index (κ3) is 4.35. The van der Waals surface area contributed by atoms with E-state index >= 15 is 0 Å². The highest BCUT2D eigenvalue weighted by molar-refractivity contribution is 9.10. The first-order chi connectivity index (χ1) is 13.0. The number of ether oxygens (including phenoxy) is 3. The molecule has 1 amide bonds. The molecule has 0 aliphatic carbocycles. The van der Waals surface area contributed by atoms with Crippen LogP contribution in [-0.4, -0.2) is 38.2 Å². The van der Waals surface area contributed by atoms with Crippen LogP contribution in [0.4, 0.5) is 4.39 Å². The summed E-state index contributed by atoms with van der Waals surface area (Å²) in [6.07, 6.45) is 1.76. The second kappa shape index (κ2) is 8.61. The number of nitrogens with zero attached hydrogens (tertiary/aromatic N) is 1. The van der Waals surface area contributed by atoms with Crippen LogP contribution < -0.4 is 14.2 Å². The van der Waals surface area contributed by atoms with Gasteiger partial charge in [-0.25, -0.2) is 4.39 Å². The van der Waals surface area contributed by atoms with E-state index in [1.165, 1.54) is 12.1 Å². The molecule has 1 heterocycles. The molecule has 0 radical (unpaired) electrons. The summed E-state index contributed by atoms with van der Waals surface area (Å²) in [6.45, 7) is 0.437. The maximum Gasteiger partial charge on any atom is 0.261 e. The van der Waals surface area contributed by atoms with Crippen molar-refractivity contribution < 1.29 is 23.4 Å². The van der Waals surface area contributed by atoms with Crippen molar-refractivity contribution >= 4 is 21.8 Å². The summed E-state index contributed by atoms with van der Waals surface area (Å²) in [4.78, 5) is 14.4. The lowest BCUT2D eigenvalue weighted by Gasteiger charge is -2.25. The molecule has 1 aliphatic heterocycles. The smallest absolute Gasteiger partial charge is 0.261 e. The van der Waals surface area contributed by atoms with Gasteiger partial charge in [-0.15, -0.1) is 0 Å². The zero-order chi connectivity index (χ0) is 19.4. The van der Waals surface area contributed by atoms with Crippen LogP contribution in [0.5, 0.6) is 17.2 Å². The molecule has 1 saturated heterocycles. The van der Waals surface area contributed by atoms with Crippen molar-refractivity contribution in [2.45, 2.75) is 18.9 Å². The number of likely N-dealkylation sites (tertiary alicyclic amines) is 1. The minimum atomic E-state index is -0.505. The molecule has 0 N–H and O–H groups in total. The van der Waals surface area contributed by atoms with E-state index in [9.17, 15) is 9.18 Å². The Morgan fingerprint density at radius 2 is 1.89 bits per heavy atom. The molecule has 0 spiro atoms. The molecule has 1 unspecified atom stereocenters. The van der Waals surface area contributed by atoms with Gasteiger partial charge in [0.1, 0.15) is 0 Å². The van der Waals surface area contributed by atoms with E-state index in [0.29, 0.717) is 22.5 Å². The van der Waals surface area contributed by atoms with E-state index in [-0.39, 0.29) is 24.3 Å². The Hall–Kier alpha value is -2.28. The topological polar surface area (TPSA) is 48.0 Å². The SMILES string of the molecule is COc1ccc(C2CCCN2C(=O)COc2ccc(Br)cc2F)cc1OC. The number of hydrogen-bond acceptors (Lipinski definition) is 4. The van der Waals surface area contributed by atoms with Crippen LogP contribution in [-0.2, 0) is 4.79 Å². The molecule has 1 aliphatic rings. The van der Waals surface area contributed by atoms with Crippen LogP contribution in [0, 0.1) is 5.82 Å². The van der Waals surface area contributed by atoms with Crippen molar-refractivity contribution in [2.75, 3.05) is 27.4 Å². The standard InChI is InChI=1S/C20H21BrFNO4/c1-25-18-7-5-13(10-19(18)26-2)16-4-3-9-23(16)20(24)12-27-17-8-6-14(21)11-15(17)22/h5-8,10-11,16H,3-4,9,12H2,1-2H3. The molecule has 2 aromatic carbocycles. The average Bonchev–Trinajstić information content (AvgIpc) is 3.16. The van der Waals surface area contributed by atoms with Crippen molar-refractivity contribution in [2.24, 2.45) is 0 Å². The largest absolute Gasteiger partial charge is 0.493 e. The highest BCUT2D eigenvalue weighted by Crippen LogP contribution is 2.37. The predicted molar refractivity (Wildman–Crippen MR) is 103 cm³/mol. The number of halogens is 2. The van der Waals surface area contributed by atoms with Crippen molar-refractivity contribution in [3.63, 3.8) is 0 Å². The molecule has 0 aromatic heterocycles. The summed E-state index contributed by atoms with van der Waals surface area (Å²) in [7, 11) is 3.17. The highest BCUT2D eigenvalue weighted by atomic mass is 79.9. The van der Waals surface area contributed by atoms with Gasteiger partial charge in [-0.3, -0.25) is 4.79 Å². The van der Waals surface area contributed by atoms with Crippen LogP contribution in [0.25, 0.3) is 0 Å². The predicted octanol–water partition coefficient (Wildman–Crippen LogP) is 4.35. The molecule has 3 rings (SSSR count). The van der Waals surface area contributed by atoms with Gasteiger partial charge in [0.15, 0.2) is 29.7 Å².